The number of hydrogen-bond acceptors (Lipinski definition) is 6. The maximum Gasteiger partial charge on any atom is 0.348 e. The lowest BCUT2D eigenvalue weighted by atomic mass is 10.0. The normalized spacial score (nSPS) is 22.1. The predicted octanol–water partition coefficient (Wildman–Crippen LogP) is 3.14. The van der Waals surface area contributed by atoms with E-state index in [4.69, 9.17) is 10.5 Å². The molecule has 1 aliphatic rings. The van der Waals surface area contributed by atoms with Crippen LogP contribution in [0.5, 0.6) is 0 Å². The molecule has 1 amide bonds. The van der Waals surface area contributed by atoms with Gasteiger partial charge in [-0.2, -0.15) is 4.98 Å². The summed E-state index contributed by atoms with van der Waals surface area (Å²) in [7, 11) is 0. The number of nitrogens with zero attached hydrogens (tertiary/aromatic N) is 2. The summed E-state index contributed by atoms with van der Waals surface area (Å²) in [6.45, 7) is 1.74. The summed E-state index contributed by atoms with van der Waals surface area (Å²) in [5.41, 5.74) is 6.94. The van der Waals surface area contributed by atoms with E-state index in [1.807, 2.05) is 42.5 Å². The van der Waals surface area contributed by atoms with Crippen molar-refractivity contribution in [3.63, 3.8) is 0 Å². The molecule has 4 rings (SSSR count). The fourth-order valence-electron chi connectivity index (χ4n) is 3.71. The van der Waals surface area contributed by atoms with Crippen molar-refractivity contribution < 1.29 is 18.7 Å². The maximum atomic E-state index is 15.3. The zero-order chi connectivity index (χ0) is 23.5. The van der Waals surface area contributed by atoms with Crippen LogP contribution in [-0.4, -0.2) is 39.0 Å². The SMILES string of the molecule is C[C@H]1S[C@@H](n2ccc(CC(N)=O)nc2=O)[C@@H](F)[C@@H]1OC(=O)c1ccc(-c2ccccc2)cc1. The van der Waals surface area contributed by atoms with Crippen LogP contribution in [0.2, 0.25) is 0 Å². The van der Waals surface area contributed by atoms with E-state index < -0.39 is 35.2 Å². The van der Waals surface area contributed by atoms with Crippen molar-refractivity contribution in [3.8, 4) is 11.1 Å². The van der Waals surface area contributed by atoms with Crippen LogP contribution in [0.3, 0.4) is 0 Å². The van der Waals surface area contributed by atoms with E-state index in [9.17, 15) is 14.4 Å². The number of halogens is 1. The number of carbonyl (C=O) groups is 2. The molecule has 1 saturated heterocycles. The third-order valence-corrected chi connectivity index (χ3v) is 6.85. The molecular weight excluding hydrogens is 445 g/mol. The number of carbonyl (C=O) groups excluding carboxylic acids is 2. The number of aromatic nitrogens is 2. The van der Waals surface area contributed by atoms with Crippen molar-refractivity contribution >= 4 is 23.6 Å². The highest BCUT2D eigenvalue weighted by atomic mass is 32.2. The molecule has 1 aliphatic heterocycles. The minimum absolute atomic E-state index is 0.174. The van der Waals surface area contributed by atoms with Crippen LogP contribution in [0.1, 0.15) is 28.3 Å². The molecule has 7 nitrogen and oxygen atoms in total. The maximum absolute atomic E-state index is 15.3. The lowest BCUT2D eigenvalue weighted by Crippen LogP contribution is -2.35. The smallest absolute Gasteiger partial charge is 0.348 e. The second kappa shape index (κ2) is 9.58. The molecule has 2 aromatic carbocycles. The molecule has 170 valence electrons. The Hall–Kier alpha value is -3.46. The Morgan fingerprint density at radius 2 is 1.76 bits per heavy atom. The van der Waals surface area contributed by atoms with Gasteiger partial charge in [0.1, 0.15) is 11.5 Å². The summed E-state index contributed by atoms with van der Waals surface area (Å²) in [6.07, 6.45) is -1.43. The highest BCUT2D eigenvalue weighted by Crippen LogP contribution is 2.44. The first-order valence-corrected chi connectivity index (χ1v) is 11.3. The van der Waals surface area contributed by atoms with Crippen LogP contribution in [0, 0.1) is 0 Å². The van der Waals surface area contributed by atoms with Gasteiger partial charge in [-0.05, 0) is 36.2 Å². The lowest BCUT2D eigenvalue weighted by molar-refractivity contribution is -0.117. The summed E-state index contributed by atoms with van der Waals surface area (Å²) in [4.78, 5) is 39.9. The third kappa shape index (κ3) is 4.98. The Morgan fingerprint density at radius 1 is 1.09 bits per heavy atom. The number of rotatable bonds is 6. The summed E-state index contributed by atoms with van der Waals surface area (Å²) >= 11 is 1.18. The molecule has 9 heteroatoms. The van der Waals surface area contributed by atoms with Gasteiger partial charge < -0.3 is 10.5 Å². The van der Waals surface area contributed by atoms with Crippen LogP contribution in [-0.2, 0) is 16.0 Å². The van der Waals surface area contributed by atoms with E-state index in [2.05, 4.69) is 4.98 Å². The van der Waals surface area contributed by atoms with Crippen molar-refractivity contribution in [3.05, 3.63) is 88.6 Å². The summed E-state index contributed by atoms with van der Waals surface area (Å²) in [5.74, 6) is -1.24. The Kier molecular flexibility index (Phi) is 6.60. The van der Waals surface area contributed by atoms with Crippen molar-refractivity contribution in [2.24, 2.45) is 5.73 Å². The quantitative estimate of drug-likeness (QED) is 0.559. The predicted molar refractivity (Wildman–Crippen MR) is 123 cm³/mol. The average Bonchev–Trinajstić information content (AvgIpc) is 3.07. The van der Waals surface area contributed by atoms with Gasteiger partial charge in [0.2, 0.25) is 5.91 Å². The number of primary amides is 1. The molecule has 0 bridgehead atoms. The van der Waals surface area contributed by atoms with Crippen LogP contribution in [0.4, 0.5) is 4.39 Å². The van der Waals surface area contributed by atoms with Gasteiger partial charge in [0.05, 0.1) is 17.7 Å². The summed E-state index contributed by atoms with van der Waals surface area (Å²) in [6, 6.07) is 18.1. The molecule has 4 atom stereocenters. The number of benzene rings is 2. The standard InChI is InChI=1S/C24H22FN3O4S/c1-14-21(20(25)22(33-14)28-12-11-18(13-19(26)29)27-24(28)31)32-23(30)17-9-7-16(8-10-17)15-5-3-2-4-6-15/h2-12,14,20-22H,13H2,1H3,(H2,26,29)/t14-,20+,21-,22-/m1/s1. The lowest BCUT2D eigenvalue weighted by Gasteiger charge is -2.19. The van der Waals surface area contributed by atoms with Crippen LogP contribution >= 0.6 is 11.8 Å². The Bertz CT molecular complexity index is 1220. The van der Waals surface area contributed by atoms with E-state index in [0.29, 0.717) is 5.56 Å². The minimum atomic E-state index is -1.61. The van der Waals surface area contributed by atoms with E-state index in [-0.39, 0.29) is 17.4 Å². The van der Waals surface area contributed by atoms with Crippen molar-refractivity contribution in [1.29, 1.82) is 0 Å². The molecule has 0 unspecified atom stereocenters. The van der Waals surface area contributed by atoms with Gasteiger partial charge in [-0.25, -0.2) is 14.0 Å². The molecular formula is C24H22FN3O4S. The number of nitrogens with two attached hydrogens (primary N) is 1. The molecule has 2 N–H and O–H groups in total. The van der Waals surface area contributed by atoms with E-state index in [0.717, 1.165) is 15.7 Å². The number of esters is 1. The second-order valence-corrected chi connectivity index (χ2v) is 9.24. The van der Waals surface area contributed by atoms with Gasteiger partial charge in [0.25, 0.3) is 0 Å². The number of hydrogen-bond donors (Lipinski definition) is 1. The van der Waals surface area contributed by atoms with Gasteiger partial charge in [-0.1, -0.05) is 42.5 Å². The summed E-state index contributed by atoms with van der Waals surface area (Å²) < 4.78 is 21.9. The molecule has 2 heterocycles. The number of alkyl halides is 1. The Balaban J connectivity index is 1.46. The Morgan fingerprint density at radius 3 is 2.39 bits per heavy atom. The molecule has 0 spiro atoms. The monoisotopic (exact) mass is 467 g/mol. The fraction of sp³-hybridized carbons (Fsp3) is 0.250. The zero-order valence-electron chi connectivity index (χ0n) is 17.8. The van der Waals surface area contributed by atoms with E-state index in [1.54, 1.807) is 19.1 Å². The van der Waals surface area contributed by atoms with Crippen LogP contribution in [0.25, 0.3) is 11.1 Å². The third-order valence-electron chi connectivity index (χ3n) is 5.39. The van der Waals surface area contributed by atoms with Gasteiger partial charge in [0.15, 0.2) is 6.17 Å². The van der Waals surface area contributed by atoms with E-state index in [1.165, 1.54) is 24.0 Å². The highest BCUT2D eigenvalue weighted by Gasteiger charge is 2.46. The molecule has 0 saturated carbocycles. The first kappa shape index (κ1) is 22.7. The van der Waals surface area contributed by atoms with Crippen molar-refractivity contribution in [1.82, 2.24) is 9.55 Å². The molecule has 1 fully saturated rings. The Labute approximate surface area is 193 Å². The van der Waals surface area contributed by atoms with Crippen LogP contribution in [0.15, 0.2) is 71.7 Å². The van der Waals surface area contributed by atoms with Gasteiger partial charge in [-0.15, -0.1) is 11.8 Å². The molecule has 1 aromatic heterocycles. The molecule has 0 radical (unpaired) electrons. The molecule has 3 aromatic rings. The average molecular weight is 468 g/mol. The second-order valence-electron chi connectivity index (χ2n) is 7.74. The first-order chi connectivity index (χ1) is 15.8. The van der Waals surface area contributed by atoms with Gasteiger partial charge in [-0.3, -0.25) is 9.36 Å². The largest absolute Gasteiger partial charge is 0.454 e. The number of ether oxygens (including phenoxy) is 1. The first-order valence-electron chi connectivity index (χ1n) is 10.4. The highest BCUT2D eigenvalue weighted by molar-refractivity contribution is 8.00. The van der Waals surface area contributed by atoms with Crippen LogP contribution < -0.4 is 11.4 Å². The van der Waals surface area contributed by atoms with Crippen molar-refractivity contribution in [2.75, 3.05) is 0 Å². The molecule has 33 heavy (non-hydrogen) atoms. The van der Waals surface area contributed by atoms with E-state index >= 15 is 4.39 Å². The summed E-state index contributed by atoms with van der Waals surface area (Å²) in [5, 5.41) is -1.28. The van der Waals surface area contributed by atoms with Gasteiger partial charge in [0, 0.05) is 11.4 Å². The van der Waals surface area contributed by atoms with Crippen molar-refractivity contribution in [2.45, 2.75) is 36.2 Å². The molecule has 0 aliphatic carbocycles. The topological polar surface area (TPSA) is 104 Å². The number of thioether (sulfide) groups is 1. The zero-order valence-corrected chi connectivity index (χ0v) is 18.6. The fourth-order valence-corrected chi connectivity index (χ4v) is 5.11. The number of amides is 1. The van der Waals surface area contributed by atoms with Gasteiger partial charge >= 0.3 is 11.7 Å². The minimum Gasteiger partial charge on any atom is -0.454 e.